The van der Waals surface area contributed by atoms with Crippen molar-refractivity contribution in [2.24, 2.45) is 11.7 Å². The Morgan fingerprint density at radius 2 is 2.04 bits per heavy atom. The largest absolute Gasteiger partial charge is 0.394 e. The predicted molar refractivity (Wildman–Crippen MR) is 92.8 cm³/mol. The average molecular weight is 398 g/mol. The fourth-order valence-corrected chi connectivity index (χ4v) is 3.55. The van der Waals surface area contributed by atoms with Gasteiger partial charge in [-0.3, -0.25) is 19.7 Å². The molecule has 10 heteroatoms. The van der Waals surface area contributed by atoms with Crippen molar-refractivity contribution in [1.82, 2.24) is 15.5 Å². The summed E-state index contributed by atoms with van der Waals surface area (Å²) < 4.78 is 38.4. The molecule has 1 fully saturated rings. The van der Waals surface area contributed by atoms with Crippen LogP contribution in [0.2, 0.25) is 0 Å². The lowest BCUT2D eigenvalue weighted by Gasteiger charge is -2.29. The molecule has 0 spiro atoms. The Hall–Kier alpha value is -2.46. The van der Waals surface area contributed by atoms with Gasteiger partial charge >= 0.3 is 6.18 Å². The minimum absolute atomic E-state index is 0.0741. The van der Waals surface area contributed by atoms with Crippen LogP contribution in [-0.2, 0) is 22.7 Å². The Bertz CT molecular complexity index is 797. The summed E-state index contributed by atoms with van der Waals surface area (Å²) >= 11 is 0. The molecule has 3 amide bonds. The number of alkyl halides is 3. The Kier molecular flexibility index (Phi) is 5.71. The topological polar surface area (TPSA) is 105 Å². The van der Waals surface area contributed by atoms with Gasteiger partial charge in [-0.25, -0.2) is 0 Å². The van der Waals surface area contributed by atoms with Gasteiger partial charge in [0.25, 0.3) is 5.91 Å². The van der Waals surface area contributed by atoms with Gasteiger partial charge in [0, 0.05) is 38.2 Å². The Morgan fingerprint density at radius 1 is 1.29 bits per heavy atom. The van der Waals surface area contributed by atoms with Crippen molar-refractivity contribution in [3.8, 4) is 0 Å². The summed E-state index contributed by atoms with van der Waals surface area (Å²) in [6.45, 7) is -0.576. The van der Waals surface area contributed by atoms with Crippen LogP contribution in [0, 0.1) is 5.92 Å². The number of piperidine rings is 1. The highest BCUT2D eigenvalue weighted by atomic mass is 19.4. The standard InChI is InChI=1S/C18H21F3N4O3/c19-18(20,21)12(6-22)8-23-7-10-2-1-3-11-9-25(17(28)15(10)11)13-4-5-14(26)24-16(13)27/h1-3,12-13,23H,4-9,22H2,(H,24,26,27). The van der Waals surface area contributed by atoms with Gasteiger partial charge in [-0.1, -0.05) is 18.2 Å². The van der Waals surface area contributed by atoms with Crippen molar-refractivity contribution >= 4 is 17.7 Å². The summed E-state index contributed by atoms with van der Waals surface area (Å²) in [5, 5.41) is 4.96. The number of carbonyl (C=O) groups excluding carboxylic acids is 3. The molecule has 1 aromatic carbocycles. The van der Waals surface area contributed by atoms with Gasteiger partial charge in [-0.15, -0.1) is 0 Å². The molecular formula is C18H21F3N4O3. The van der Waals surface area contributed by atoms with Crippen LogP contribution in [0.15, 0.2) is 18.2 Å². The molecule has 0 radical (unpaired) electrons. The first-order valence-corrected chi connectivity index (χ1v) is 8.95. The minimum atomic E-state index is -4.39. The summed E-state index contributed by atoms with van der Waals surface area (Å²) in [5.74, 6) is -2.89. The summed E-state index contributed by atoms with van der Waals surface area (Å²) in [7, 11) is 0. The van der Waals surface area contributed by atoms with E-state index in [4.69, 9.17) is 5.73 Å². The molecule has 0 bridgehead atoms. The van der Waals surface area contributed by atoms with Crippen LogP contribution in [0.5, 0.6) is 0 Å². The Morgan fingerprint density at radius 3 is 2.68 bits per heavy atom. The number of nitrogens with zero attached hydrogens (tertiary/aromatic N) is 1. The molecule has 28 heavy (non-hydrogen) atoms. The molecule has 2 aliphatic heterocycles. The highest BCUT2D eigenvalue weighted by molar-refractivity contribution is 6.05. The molecule has 1 saturated heterocycles. The van der Waals surface area contributed by atoms with Crippen molar-refractivity contribution in [3.05, 3.63) is 34.9 Å². The van der Waals surface area contributed by atoms with E-state index in [1.807, 2.05) is 0 Å². The maximum absolute atomic E-state index is 12.9. The molecule has 0 aromatic heterocycles. The number of carbonyl (C=O) groups is 3. The van der Waals surface area contributed by atoms with E-state index in [0.29, 0.717) is 16.7 Å². The molecule has 0 aliphatic carbocycles. The lowest BCUT2D eigenvalue weighted by molar-refractivity contribution is -0.170. The number of hydrogen-bond donors (Lipinski definition) is 3. The molecule has 1 aromatic rings. The third-order valence-corrected chi connectivity index (χ3v) is 5.09. The minimum Gasteiger partial charge on any atom is -0.330 e. The van der Waals surface area contributed by atoms with Crippen LogP contribution >= 0.6 is 0 Å². The summed E-state index contributed by atoms with van der Waals surface area (Å²) in [5.41, 5.74) is 6.86. The van der Waals surface area contributed by atoms with Crippen LogP contribution in [0.3, 0.4) is 0 Å². The van der Waals surface area contributed by atoms with E-state index in [1.54, 1.807) is 18.2 Å². The fourth-order valence-electron chi connectivity index (χ4n) is 3.55. The summed E-state index contributed by atoms with van der Waals surface area (Å²) in [6.07, 6.45) is -3.98. The Balaban J connectivity index is 1.71. The quantitative estimate of drug-likeness (QED) is 0.611. The van der Waals surface area contributed by atoms with Gasteiger partial charge in [0.15, 0.2) is 0 Å². The third-order valence-electron chi connectivity index (χ3n) is 5.09. The van der Waals surface area contributed by atoms with Crippen LogP contribution in [0.1, 0.15) is 34.3 Å². The smallest absolute Gasteiger partial charge is 0.330 e. The van der Waals surface area contributed by atoms with E-state index in [-0.39, 0.29) is 44.3 Å². The maximum atomic E-state index is 12.9. The maximum Gasteiger partial charge on any atom is 0.394 e. The van der Waals surface area contributed by atoms with Crippen molar-refractivity contribution in [2.75, 3.05) is 13.1 Å². The molecule has 2 heterocycles. The van der Waals surface area contributed by atoms with Crippen molar-refractivity contribution in [1.29, 1.82) is 0 Å². The van der Waals surface area contributed by atoms with Crippen LogP contribution in [0.4, 0.5) is 13.2 Å². The van der Waals surface area contributed by atoms with Crippen molar-refractivity contribution < 1.29 is 27.6 Å². The molecular weight excluding hydrogens is 377 g/mol. The number of rotatable bonds is 6. The SMILES string of the molecule is NCC(CNCc1cccc2c1C(=O)N(C1CCC(=O)NC1=O)C2)C(F)(F)F. The number of amides is 3. The van der Waals surface area contributed by atoms with E-state index < -0.39 is 30.6 Å². The predicted octanol–water partition coefficient (Wildman–Crippen LogP) is 0.674. The second-order valence-electron chi connectivity index (χ2n) is 6.96. The average Bonchev–Trinajstić information content (AvgIpc) is 2.95. The molecule has 2 atom stereocenters. The molecule has 2 unspecified atom stereocenters. The number of nitrogens with one attached hydrogen (secondary N) is 2. The number of imide groups is 1. The molecule has 152 valence electrons. The number of hydrogen-bond acceptors (Lipinski definition) is 5. The zero-order valence-corrected chi connectivity index (χ0v) is 15.0. The highest BCUT2D eigenvalue weighted by Gasteiger charge is 2.40. The van der Waals surface area contributed by atoms with Gasteiger partial charge in [0.2, 0.25) is 11.8 Å². The first-order chi connectivity index (χ1) is 13.2. The van der Waals surface area contributed by atoms with E-state index in [1.165, 1.54) is 4.90 Å². The van der Waals surface area contributed by atoms with Crippen molar-refractivity contribution in [3.63, 3.8) is 0 Å². The lowest BCUT2D eigenvalue weighted by Crippen LogP contribution is -2.52. The third kappa shape index (κ3) is 4.02. The second-order valence-corrected chi connectivity index (χ2v) is 6.96. The second kappa shape index (κ2) is 7.88. The zero-order chi connectivity index (χ0) is 20.5. The van der Waals surface area contributed by atoms with E-state index in [0.717, 1.165) is 0 Å². The molecule has 4 N–H and O–H groups in total. The zero-order valence-electron chi connectivity index (χ0n) is 15.0. The number of benzene rings is 1. The van der Waals surface area contributed by atoms with Gasteiger partial charge in [-0.05, 0) is 17.5 Å². The molecule has 7 nitrogen and oxygen atoms in total. The first-order valence-electron chi connectivity index (χ1n) is 8.95. The first kappa shape index (κ1) is 20.3. The van der Waals surface area contributed by atoms with Gasteiger partial charge in [0.05, 0.1) is 5.92 Å². The number of nitrogens with two attached hydrogens (primary N) is 1. The van der Waals surface area contributed by atoms with Crippen LogP contribution in [-0.4, -0.2) is 47.9 Å². The molecule has 3 rings (SSSR count). The van der Waals surface area contributed by atoms with Gasteiger partial charge in [-0.2, -0.15) is 13.2 Å². The summed E-state index contributed by atoms with van der Waals surface area (Å²) in [6, 6.07) is 4.41. The highest BCUT2D eigenvalue weighted by Crippen LogP contribution is 2.30. The van der Waals surface area contributed by atoms with Crippen molar-refractivity contribution in [2.45, 2.75) is 38.1 Å². The monoisotopic (exact) mass is 398 g/mol. The normalized spacial score (nSPS) is 20.9. The van der Waals surface area contributed by atoms with Gasteiger partial charge in [0.1, 0.15) is 6.04 Å². The van der Waals surface area contributed by atoms with E-state index >= 15 is 0 Å². The molecule has 2 aliphatic rings. The van der Waals surface area contributed by atoms with E-state index in [2.05, 4.69) is 10.6 Å². The van der Waals surface area contributed by atoms with Crippen LogP contribution < -0.4 is 16.4 Å². The summed E-state index contributed by atoms with van der Waals surface area (Å²) in [4.78, 5) is 37.7. The number of halogens is 3. The fraction of sp³-hybridized carbons (Fsp3) is 0.500. The molecule has 0 saturated carbocycles. The Labute approximate surface area is 159 Å². The lowest BCUT2D eigenvalue weighted by atomic mass is 10.0. The van der Waals surface area contributed by atoms with Gasteiger partial charge < -0.3 is 16.0 Å². The van der Waals surface area contributed by atoms with Crippen LogP contribution in [0.25, 0.3) is 0 Å². The number of fused-ring (bicyclic) bond motifs is 1. The van der Waals surface area contributed by atoms with E-state index in [9.17, 15) is 27.6 Å².